The third-order valence-electron chi connectivity index (χ3n) is 5.39. The summed E-state index contributed by atoms with van der Waals surface area (Å²) in [7, 11) is 0. The summed E-state index contributed by atoms with van der Waals surface area (Å²) in [6.07, 6.45) is 5.32. The van der Waals surface area contributed by atoms with Crippen LogP contribution in [0.3, 0.4) is 0 Å². The number of pyridine rings is 1. The Kier molecular flexibility index (Phi) is 3.78. The van der Waals surface area contributed by atoms with Crippen LogP contribution in [0.4, 0.5) is 0 Å². The van der Waals surface area contributed by atoms with E-state index in [2.05, 4.69) is 48.6 Å². The Morgan fingerprint density at radius 2 is 1.64 bits per heavy atom. The van der Waals surface area contributed by atoms with E-state index < -0.39 is 0 Å². The lowest BCUT2D eigenvalue weighted by atomic mass is 9.89. The van der Waals surface area contributed by atoms with Crippen molar-refractivity contribution in [3.63, 3.8) is 0 Å². The number of fused-ring (bicyclic) bond motifs is 1. The van der Waals surface area contributed by atoms with Crippen LogP contribution in [0, 0.1) is 13.8 Å². The topological polar surface area (TPSA) is 42.9 Å². The average Bonchev–Trinajstić information content (AvgIpc) is 3.41. The number of hydrogen-bond acceptors (Lipinski definition) is 4. The van der Waals surface area contributed by atoms with Crippen LogP contribution in [0.2, 0.25) is 0 Å². The lowest BCUT2D eigenvalue weighted by Gasteiger charge is -2.15. The summed E-state index contributed by atoms with van der Waals surface area (Å²) < 4.78 is 0. The molecule has 0 bridgehead atoms. The molecule has 2 aromatic heterocycles. The number of aryl methyl sites for hydroxylation is 2. The predicted octanol–water partition coefficient (Wildman–Crippen LogP) is 5.64. The lowest BCUT2D eigenvalue weighted by molar-refractivity contribution is 0.112. The van der Waals surface area contributed by atoms with E-state index in [9.17, 15) is 4.79 Å². The minimum Gasteiger partial charge on any atom is -0.298 e. The Morgan fingerprint density at radius 3 is 2.29 bits per heavy atom. The summed E-state index contributed by atoms with van der Waals surface area (Å²) in [6, 6.07) is 18.6. The third kappa shape index (κ3) is 2.60. The van der Waals surface area contributed by atoms with E-state index in [-0.39, 0.29) is 5.41 Å². The van der Waals surface area contributed by atoms with Crippen LogP contribution in [0.25, 0.3) is 20.9 Å². The number of rotatable bonds is 4. The number of aromatic nitrogens is 2. The number of allylic oxidation sites excluding steroid dienone is 2. The maximum Gasteiger partial charge on any atom is 0.150 e. The molecule has 28 heavy (non-hydrogen) atoms. The lowest BCUT2D eigenvalue weighted by Crippen LogP contribution is -2.12. The maximum absolute atomic E-state index is 11.3. The van der Waals surface area contributed by atoms with Crippen LogP contribution in [-0.4, -0.2) is 16.3 Å². The number of carbonyl (C=O) groups excluding carboxylic acids is 1. The van der Waals surface area contributed by atoms with Gasteiger partial charge in [0.15, 0.2) is 6.29 Å². The Bertz CT molecular complexity index is 1230. The highest BCUT2D eigenvalue weighted by Gasteiger charge is 2.39. The standard InChI is InChI=1S/C24H18N2OS/c1-15-12-17(13-16(2)19(15)14-27)22-25-20-8-9-21(26-23(20)28-22)24(10-11-24)18-6-4-3-5-7-18/h3-14H,1-2H3. The fourth-order valence-corrected chi connectivity index (χ4v) is 4.69. The molecule has 0 saturated heterocycles. The smallest absolute Gasteiger partial charge is 0.150 e. The molecule has 5 rings (SSSR count). The fraction of sp³-hybridized carbons (Fsp3) is 0.125. The van der Waals surface area contributed by atoms with Gasteiger partial charge in [-0.15, -0.1) is 0 Å². The van der Waals surface area contributed by atoms with Crippen LogP contribution in [-0.2, 0) is 5.41 Å². The van der Waals surface area contributed by atoms with Crippen molar-refractivity contribution in [1.82, 2.24) is 9.97 Å². The van der Waals surface area contributed by atoms with E-state index >= 15 is 0 Å². The number of nitrogens with zero attached hydrogens (tertiary/aromatic N) is 2. The monoisotopic (exact) mass is 382 g/mol. The van der Waals surface area contributed by atoms with Crippen LogP contribution in [0.5, 0.6) is 0 Å². The van der Waals surface area contributed by atoms with Crippen LogP contribution in [0.15, 0.2) is 66.7 Å². The maximum atomic E-state index is 11.3. The summed E-state index contributed by atoms with van der Waals surface area (Å²) in [4.78, 5) is 21.9. The fourth-order valence-electron chi connectivity index (χ4n) is 3.76. The molecule has 1 aliphatic rings. The van der Waals surface area contributed by atoms with Crippen LogP contribution < -0.4 is 0 Å². The number of thiazole rings is 1. The van der Waals surface area contributed by atoms with Crippen molar-refractivity contribution in [3.8, 4) is 10.6 Å². The second-order valence-electron chi connectivity index (χ2n) is 7.25. The van der Waals surface area contributed by atoms with Gasteiger partial charge in [0.05, 0.1) is 11.1 Å². The number of hydrogen-bond donors (Lipinski definition) is 0. The van der Waals surface area contributed by atoms with Crippen molar-refractivity contribution in [2.75, 3.05) is 0 Å². The van der Waals surface area contributed by atoms with Gasteiger partial charge in [0, 0.05) is 11.1 Å². The summed E-state index contributed by atoms with van der Waals surface area (Å²) in [5, 5.41) is 0.931. The van der Waals surface area contributed by atoms with Gasteiger partial charge in [-0.1, -0.05) is 53.8 Å². The molecule has 0 amide bonds. The Morgan fingerprint density at radius 1 is 0.929 bits per heavy atom. The minimum absolute atomic E-state index is 0.182. The zero-order chi connectivity index (χ0) is 19.3. The van der Waals surface area contributed by atoms with E-state index in [0.29, 0.717) is 0 Å². The zero-order valence-electron chi connectivity index (χ0n) is 15.6. The van der Waals surface area contributed by atoms with E-state index in [1.54, 1.807) is 11.3 Å². The highest BCUT2D eigenvalue weighted by molar-refractivity contribution is 7.21. The molecule has 3 nitrogen and oxygen atoms in total. The van der Waals surface area contributed by atoms with E-state index in [0.717, 1.165) is 49.6 Å². The van der Waals surface area contributed by atoms with Crippen molar-refractivity contribution in [2.45, 2.75) is 19.3 Å². The first kappa shape index (κ1) is 17.0. The normalized spacial score (nSPS) is 14.4. The molecule has 0 spiro atoms. The van der Waals surface area contributed by atoms with Gasteiger partial charge in [-0.2, -0.15) is 0 Å². The Hall–Kier alpha value is -3.11. The van der Waals surface area contributed by atoms with Gasteiger partial charge in [0.25, 0.3) is 0 Å². The van der Waals surface area contributed by atoms with Gasteiger partial charge in [-0.3, -0.25) is 4.79 Å². The second-order valence-corrected chi connectivity index (χ2v) is 8.23. The van der Waals surface area contributed by atoms with Crippen molar-refractivity contribution in [3.05, 3.63) is 94.7 Å². The highest BCUT2D eigenvalue weighted by atomic mass is 32.1. The summed E-state index contributed by atoms with van der Waals surface area (Å²) in [5.41, 5.74) is 6.74. The van der Waals surface area contributed by atoms with Crippen LogP contribution >= 0.6 is 11.3 Å². The van der Waals surface area contributed by atoms with Crippen molar-refractivity contribution < 1.29 is 4.79 Å². The number of aldehydes is 1. The SMILES string of the molecule is Cc1cc(-c2nc3ccc(C4(c5ccccc5)C=C4)nc3s2)cc(C)c1C=O. The minimum atomic E-state index is -0.182. The average molecular weight is 382 g/mol. The van der Waals surface area contributed by atoms with Crippen molar-refractivity contribution >= 4 is 28.0 Å². The Labute approximate surface area is 167 Å². The molecular formula is C24H18N2OS. The first-order chi connectivity index (χ1) is 13.6. The molecule has 0 atom stereocenters. The van der Waals surface area contributed by atoms with Gasteiger partial charge >= 0.3 is 0 Å². The summed E-state index contributed by atoms with van der Waals surface area (Å²) in [5.74, 6) is 0. The summed E-state index contributed by atoms with van der Waals surface area (Å²) >= 11 is 1.60. The number of benzene rings is 2. The molecule has 2 aromatic carbocycles. The first-order valence-corrected chi connectivity index (χ1v) is 10.0. The van der Waals surface area contributed by atoms with Crippen molar-refractivity contribution in [1.29, 1.82) is 0 Å². The van der Waals surface area contributed by atoms with E-state index in [1.165, 1.54) is 5.56 Å². The molecule has 0 unspecified atom stereocenters. The first-order valence-electron chi connectivity index (χ1n) is 9.21. The molecule has 0 aliphatic heterocycles. The highest BCUT2D eigenvalue weighted by Crippen LogP contribution is 2.45. The van der Waals surface area contributed by atoms with Crippen molar-refractivity contribution in [2.24, 2.45) is 0 Å². The van der Waals surface area contributed by atoms with Gasteiger partial charge in [0.2, 0.25) is 0 Å². The second kappa shape index (κ2) is 6.21. The van der Waals surface area contributed by atoms with Gasteiger partial charge in [-0.25, -0.2) is 9.97 Å². The molecule has 0 fully saturated rings. The van der Waals surface area contributed by atoms with E-state index in [4.69, 9.17) is 9.97 Å². The molecule has 4 aromatic rings. The molecule has 136 valence electrons. The zero-order valence-corrected chi connectivity index (χ0v) is 16.5. The largest absolute Gasteiger partial charge is 0.298 e. The molecule has 0 radical (unpaired) electrons. The Balaban J connectivity index is 1.58. The summed E-state index contributed by atoms with van der Waals surface area (Å²) in [6.45, 7) is 3.93. The molecule has 1 aliphatic carbocycles. The van der Waals surface area contributed by atoms with Crippen LogP contribution in [0.1, 0.15) is 32.7 Å². The number of carbonyl (C=O) groups is 1. The molecular weight excluding hydrogens is 364 g/mol. The molecule has 0 N–H and O–H groups in total. The predicted molar refractivity (Wildman–Crippen MR) is 114 cm³/mol. The quantitative estimate of drug-likeness (QED) is 0.339. The van der Waals surface area contributed by atoms with Gasteiger partial charge < -0.3 is 0 Å². The molecule has 2 heterocycles. The van der Waals surface area contributed by atoms with E-state index in [1.807, 2.05) is 32.0 Å². The van der Waals surface area contributed by atoms with Gasteiger partial charge in [-0.05, 0) is 54.8 Å². The van der Waals surface area contributed by atoms with Gasteiger partial charge in [0.1, 0.15) is 15.4 Å². The molecule has 4 heteroatoms. The third-order valence-corrected chi connectivity index (χ3v) is 6.40. The molecule has 0 saturated carbocycles.